The Bertz CT molecular complexity index is 796. The molecule has 3 atom stereocenters. The van der Waals surface area contributed by atoms with E-state index in [1.807, 2.05) is 4.68 Å². The highest BCUT2D eigenvalue weighted by atomic mass is 35.5. The van der Waals surface area contributed by atoms with Gasteiger partial charge in [0.2, 0.25) is 11.2 Å². The molecule has 4 aliphatic carbocycles. The van der Waals surface area contributed by atoms with Gasteiger partial charge in [0.15, 0.2) is 5.11 Å². The molecule has 6 rings (SSSR count). The summed E-state index contributed by atoms with van der Waals surface area (Å²) in [4.78, 5) is 17.4. The number of hydrogen-bond donors (Lipinski definition) is 3. The van der Waals surface area contributed by atoms with Crippen molar-refractivity contribution in [2.24, 2.45) is 17.3 Å². The van der Waals surface area contributed by atoms with Gasteiger partial charge < -0.3 is 10.1 Å². The lowest BCUT2D eigenvalue weighted by Gasteiger charge is -2.60. The molecule has 4 bridgehead atoms. The Hall–Kier alpha value is -1.45. The van der Waals surface area contributed by atoms with Crippen LogP contribution < -0.4 is 16.2 Å². The molecule has 29 heavy (non-hydrogen) atoms. The molecule has 0 unspecified atom stereocenters. The minimum atomic E-state index is -0.389. The number of aromatic nitrogens is 3. The van der Waals surface area contributed by atoms with E-state index >= 15 is 0 Å². The van der Waals surface area contributed by atoms with E-state index in [0.717, 1.165) is 51.6 Å². The number of carbonyl (C=O) groups excluding carboxylic acids is 1. The van der Waals surface area contributed by atoms with Crippen LogP contribution in [-0.4, -0.2) is 45.0 Å². The lowest BCUT2D eigenvalue weighted by molar-refractivity contribution is -0.156. The topological polar surface area (TPSA) is 93.1 Å². The minimum Gasteiger partial charge on any atom is -0.376 e. The summed E-state index contributed by atoms with van der Waals surface area (Å²) in [7, 11) is 0. The van der Waals surface area contributed by atoms with Gasteiger partial charge in [-0.05, 0) is 87.0 Å². The number of halogens is 1. The summed E-state index contributed by atoms with van der Waals surface area (Å²) in [6, 6.07) is 0. The van der Waals surface area contributed by atoms with Crippen molar-refractivity contribution in [3.05, 3.63) is 11.6 Å². The standard InChI is InChI=1S/C19H27ClN6O2S/c20-16-22-11-26(25-16)19-7-12-4-13(8-19)6-18(5-12,10-19)15(27)23-24-17(29)21-9-14-2-1-3-28-14/h11-14H,1-10H2,(H,23,27)(H2,21,24,29)/t12-,13-,14-,18?,19?/m0/s1. The van der Waals surface area contributed by atoms with E-state index in [-0.39, 0.29) is 28.2 Å². The SMILES string of the molecule is O=C(NNC(=S)NC[C@@H]1CCCO1)C12C[C@@H]3C[C@@H](C1)CC(n1cnc(Cl)n1)(C3)C2. The third kappa shape index (κ3) is 3.61. The molecule has 1 aromatic rings. The Kier molecular flexibility index (Phi) is 4.95. The summed E-state index contributed by atoms with van der Waals surface area (Å²) in [6.45, 7) is 1.47. The van der Waals surface area contributed by atoms with Gasteiger partial charge in [-0.2, -0.15) is 0 Å². The molecule has 8 nitrogen and oxygen atoms in total. The fraction of sp³-hybridized carbons (Fsp3) is 0.789. The summed E-state index contributed by atoms with van der Waals surface area (Å²) in [5.41, 5.74) is 5.24. The van der Waals surface area contributed by atoms with Crippen LogP contribution in [0, 0.1) is 17.3 Å². The number of carbonyl (C=O) groups is 1. The molecule has 158 valence electrons. The Morgan fingerprint density at radius 2 is 2.10 bits per heavy atom. The summed E-state index contributed by atoms with van der Waals surface area (Å²) in [5.74, 6) is 1.10. The van der Waals surface area contributed by atoms with Crippen molar-refractivity contribution in [3.8, 4) is 0 Å². The molecule has 5 aliphatic rings. The maximum absolute atomic E-state index is 13.3. The average Bonchev–Trinajstić information content (AvgIpc) is 3.35. The highest BCUT2D eigenvalue weighted by Crippen LogP contribution is 2.64. The van der Waals surface area contributed by atoms with Crippen molar-refractivity contribution in [3.63, 3.8) is 0 Å². The molecule has 5 fully saturated rings. The Morgan fingerprint density at radius 1 is 1.31 bits per heavy atom. The Labute approximate surface area is 180 Å². The van der Waals surface area contributed by atoms with Crippen LogP contribution in [0.4, 0.5) is 0 Å². The van der Waals surface area contributed by atoms with Gasteiger partial charge in [0, 0.05) is 13.2 Å². The number of thiocarbonyl (C=S) groups is 1. The predicted molar refractivity (Wildman–Crippen MR) is 111 cm³/mol. The molecule has 2 heterocycles. The van der Waals surface area contributed by atoms with Crippen molar-refractivity contribution in [1.29, 1.82) is 0 Å². The largest absolute Gasteiger partial charge is 0.376 e. The van der Waals surface area contributed by atoms with Gasteiger partial charge in [0.1, 0.15) is 6.33 Å². The first-order chi connectivity index (χ1) is 14.0. The summed E-state index contributed by atoms with van der Waals surface area (Å²) in [6.07, 6.45) is 9.99. The third-order valence-electron chi connectivity index (χ3n) is 7.27. The van der Waals surface area contributed by atoms with E-state index in [2.05, 4.69) is 26.3 Å². The van der Waals surface area contributed by atoms with Crippen molar-refractivity contribution in [1.82, 2.24) is 30.9 Å². The van der Waals surface area contributed by atoms with Crippen LogP contribution in [0.3, 0.4) is 0 Å². The molecule has 1 aliphatic heterocycles. The Morgan fingerprint density at radius 3 is 2.76 bits per heavy atom. The molecular weight excluding hydrogens is 412 g/mol. The molecule has 0 aromatic carbocycles. The van der Waals surface area contributed by atoms with Crippen LogP contribution in [0.15, 0.2) is 6.33 Å². The zero-order valence-electron chi connectivity index (χ0n) is 16.3. The summed E-state index contributed by atoms with van der Waals surface area (Å²) >= 11 is 11.3. The number of ether oxygens (including phenoxy) is 1. The molecular formula is C19H27ClN6O2S. The molecule has 1 saturated heterocycles. The van der Waals surface area contributed by atoms with Gasteiger partial charge in [-0.15, -0.1) is 5.10 Å². The van der Waals surface area contributed by atoms with E-state index < -0.39 is 0 Å². The van der Waals surface area contributed by atoms with Crippen LogP contribution in [0.25, 0.3) is 0 Å². The summed E-state index contributed by atoms with van der Waals surface area (Å²) < 4.78 is 7.52. The predicted octanol–water partition coefficient (Wildman–Crippen LogP) is 1.90. The van der Waals surface area contributed by atoms with E-state index in [1.54, 1.807) is 6.33 Å². The van der Waals surface area contributed by atoms with E-state index in [9.17, 15) is 4.79 Å². The van der Waals surface area contributed by atoms with Crippen LogP contribution in [0.5, 0.6) is 0 Å². The van der Waals surface area contributed by atoms with E-state index in [4.69, 9.17) is 28.6 Å². The summed E-state index contributed by atoms with van der Waals surface area (Å²) in [5, 5.41) is 8.24. The van der Waals surface area contributed by atoms with Gasteiger partial charge in [0.25, 0.3) is 0 Å². The zero-order valence-corrected chi connectivity index (χ0v) is 17.9. The normalized spacial score (nSPS) is 37.5. The van der Waals surface area contributed by atoms with Gasteiger partial charge in [0.05, 0.1) is 17.1 Å². The van der Waals surface area contributed by atoms with Crippen molar-refractivity contribution >= 4 is 34.8 Å². The second kappa shape index (κ2) is 7.35. The molecule has 4 saturated carbocycles. The Balaban J connectivity index is 1.24. The minimum absolute atomic E-state index is 0.0310. The number of hydrogen-bond acceptors (Lipinski definition) is 5. The molecule has 1 amide bonds. The number of nitrogens with one attached hydrogen (secondary N) is 3. The zero-order chi connectivity index (χ0) is 20.1. The first-order valence-corrected chi connectivity index (χ1v) is 11.3. The van der Waals surface area contributed by atoms with Crippen LogP contribution >= 0.6 is 23.8 Å². The second-order valence-corrected chi connectivity index (χ2v) is 10.1. The van der Waals surface area contributed by atoms with Crippen LogP contribution in [0.2, 0.25) is 5.28 Å². The maximum Gasteiger partial charge on any atom is 0.244 e. The molecule has 1 aromatic heterocycles. The van der Waals surface area contributed by atoms with Crippen LogP contribution in [-0.2, 0) is 15.1 Å². The average molecular weight is 439 g/mol. The van der Waals surface area contributed by atoms with Gasteiger partial charge in [-0.1, -0.05) is 0 Å². The van der Waals surface area contributed by atoms with Crippen molar-refractivity contribution < 1.29 is 9.53 Å². The van der Waals surface area contributed by atoms with E-state index in [1.165, 1.54) is 6.42 Å². The van der Waals surface area contributed by atoms with Crippen molar-refractivity contribution in [2.75, 3.05) is 13.2 Å². The number of amides is 1. The fourth-order valence-electron chi connectivity index (χ4n) is 6.52. The lowest BCUT2D eigenvalue weighted by Crippen LogP contribution is -2.63. The smallest absolute Gasteiger partial charge is 0.244 e. The van der Waals surface area contributed by atoms with Gasteiger partial charge >= 0.3 is 0 Å². The monoisotopic (exact) mass is 438 g/mol. The second-order valence-electron chi connectivity index (χ2n) is 9.35. The highest BCUT2D eigenvalue weighted by molar-refractivity contribution is 7.80. The number of hydrazine groups is 1. The molecule has 0 spiro atoms. The van der Waals surface area contributed by atoms with Crippen LogP contribution in [0.1, 0.15) is 51.4 Å². The van der Waals surface area contributed by atoms with E-state index in [0.29, 0.717) is 23.5 Å². The maximum atomic E-state index is 13.3. The van der Waals surface area contributed by atoms with Gasteiger partial charge in [-0.3, -0.25) is 15.6 Å². The number of nitrogens with zero attached hydrogens (tertiary/aromatic N) is 3. The van der Waals surface area contributed by atoms with Gasteiger partial charge in [-0.25, -0.2) is 9.67 Å². The first-order valence-electron chi connectivity index (χ1n) is 10.5. The molecule has 3 N–H and O–H groups in total. The van der Waals surface area contributed by atoms with Crippen molar-refractivity contribution in [2.45, 2.75) is 63.0 Å². The number of rotatable bonds is 4. The fourth-order valence-corrected chi connectivity index (χ4v) is 6.78. The quantitative estimate of drug-likeness (QED) is 0.488. The molecule has 0 radical (unpaired) electrons. The molecule has 10 heteroatoms. The lowest BCUT2D eigenvalue weighted by atomic mass is 9.46. The first kappa shape index (κ1) is 19.5. The third-order valence-corrected chi connectivity index (χ3v) is 7.69. The highest BCUT2D eigenvalue weighted by Gasteiger charge is 2.61.